The van der Waals surface area contributed by atoms with Gasteiger partial charge in [0.15, 0.2) is 5.13 Å². The predicted molar refractivity (Wildman–Crippen MR) is 99.9 cm³/mol. The number of nitrogens with one attached hydrogen (secondary N) is 2. The maximum Gasteiger partial charge on any atom is 0.275 e. The Balaban J connectivity index is 1.52. The average molecular weight is 369 g/mol. The molecule has 3 rings (SSSR count). The molecule has 0 saturated carbocycles. The minimum atomic E-state index is -0.419. The summed E-state index contributed by atoms with van der Waals surface area (Å²) < 4.78 is 12.9. The first-order valence-corrected chi connectivity index (χ1v) is 8.84. The Morgan fingerprint density at radius 2 is 1.73 bits per heavy atom. The van der Waals surface area contributed by atoms with Crippen LogP contribution in [0.15, 0.2) is 60.0 Å². The summed E-state index contributed by atoms with van der Waals surface area (Å²) in [5.74, 6) is -0.955. The second-order valence-corrected chi connectivity index (χ2v) is 6.39. The second-order valence-electron chi connectivity index (χ2n) is 5.53. The van der Waals surface area contributed by atoms with Crippen LogP contribution in [-0.4, -0.2) is 16.8 Å². The van der Waals surface area contributed by atoms with Crippen LogP contribution >= 0.6 is 11.3 Å². The van der Waals surface area contributed by atoms with Gasteiger partial charge in [0, 0.05) is 17.5 Å². The zero-order valence-electron chi connectivity index (χ0n) is 13.7. The van der Waals surface area contributed by atoms with E-state index < -0.39 is 5.91 Å². The third-order valence-corrected chi connectivity index (χ3v) is 4.33. The highest BCUT2D eigenvalue weighted by molar-refractivity contribution is 7.14. The zero-order valence-corrected chi connectivity index (χ0v) is 14.6. The van der Waals surface area contributed by atoms with Crippen LogP contribution in [0, 0.1) is 5.82 Å². The van der Waals surface area contributed by atoms with Crippen molar-refractivity contribution in [3.63, 3.8) is 0 Å². The minimum Gasteiger partial charge on any atom is -0.321 e. The van der Waals surface area contributed by atoms with E-state index in [1.54, 1.807) is 5.38 Å². The first-order valence-electron chi connectivity index (χ1n) is 7.96. The van der Waals surface area contributed by atoms with E-state index in [4.69, 9.17) is 0 Å². The molecule has 0 bridgehead atoms. The number of amides is 2. The number of aryl methyl sites for hydroxylation is 1. The molecule has 3 aromatic rings. The quantitative estimate of drug-likeness (QED) is 0.687. The molecule has 7 heteroatoms. The molecule has 0 unspecified atom stereocenters. The number of carbonyl (C=O) groups is 2. The minimum absolute atomic E-state index is 0.159. The summed E-state index contributed by atoms with van der Waals surface area (Å²) in [5, 5.41) is 7.25. The summed E-state index contributed by atoms with van der Waals surface area (Å²) in [6, 6.07) is 15.2. The molecular weight excluding hydrogens is 353 g/mol. The summed E-state index contributed by atoms with van der Waals surface area (Å²) in [5.41, 5.74) is 1.75. The molecule has 2 amide bonds. The van der Waals surface area contributed by atoms with Gasteiger partial charge in [-0.2, -0.15) is 0 Å². The van der Waals surface area contributed by atoms with Crippen molar-refractivity contribution in [2.75, 3.05) is 10.6 Å². The summed E-state index contributed by atoms with van der Waals surface area (Å²) in [6.45, 7) is 0. The number of nitrogens with zero attached hydrogens (tertiary/aromatic N) is 1. The maximum absolute atomic E-state index is 12.9. The first kappa shape index (κ1) is 17.8. The fraction of sp³-hybridized carbons (Fsp3) is 0.105. The molecule has 0 fully saturated rings. The van der Waals surface area contributed by atoms with Crippen LogP contribution in [0.4, 0.5) is 15.2 Å². The van der Waals surface area contributed by atoms with Gasteiger partial charge in [-0.25, -0.2) is 9.37 Å². The normalized spacial score (nSPS) is 10.3. The number of halogens is 1. The Morgan fingerprint density at radius 1 is 1.00 bits per heavy atom. The lowest BCUT2D eigenvalue weighted by Gasteiger charge is -2.03. The van der Waals surface area contributed by atoms with E-state index in [0.29, 0.717) is 23.7 Å². The van der Waals surface area contributed by atoms with Crippen LogP contribution in [0.1, 0.15) is 22.5 Å². The first-order chi connectivity index (χ1) is 12.6. The van der Waals surface area contributed by atoms with Crippen LogP contribution in [0.25, 0.3) is 0 Å². The number of anilines is 2. The second kappa shape index (κ2) is 8.35. The molecule has 26 heavy (non-hydrogen) atoms. The number of hydrogen-bond donors (Lipinski definition) is 2. The molecule has 1 heterocycles. The van der Waals surface area contributed by atoms with Gasteiger partial charge in [-0.05, 0) is 36.2 Å². The molecule has 0 aliphatic rings. The van der Waals surface area contributed by atoms with Gasteiger partial charge in [0.25, 0.3) is 5.91 Å². The van der Waals surface area contributed by atoms with Crippen LogP contribution in [0.2, 0.25) is 0 Å². The lowest BCUT2D eigenvalue weighted by Crippen LogP contribution is -2.14. The molecule has 0 atom stereocenters. The Bertz CT molecular complexity index is 895. The lowest BCUT2D eigenvalue weighted by atomic mass is 10.1. The SMILES string of the molecule is O=C(CCc1ccccc1)Nc1nc(C(=O)Nc2ccc(F)cc2)cs1. The van der Waals surface area contributed by atoms with E-state index in [-0.39, 0.29) is 17.4 Å². The largest absolute Gasteiger partial charge is 0.321 e. The van der Waals surface area contributed by atoms with E-state index >= 15 is 0 Å². The topological polar surface area (TPSA) is 71.1 Å². The number of benzene rings is 2. The number of hydrogen-bond acceptors (Lipinski definition) is 4. The molecule has 1 aromatic heterocycles. The Hall–Kier alpha value is -3.06. The van der Waals surface area contributed by atoms with Gasteiger partial charge in [0.05, 0.1) is 0 Å². The van der Waals surface area contributed by atoms with Gasteiger partial charge in [0.1, 0.15) is 11.5 Å². The highest BCUT2D eigenvalue weighted by atomic mass is 32.1. The lowest BCUT2D eigenvalue weighted by molar-refractivity contribution is -0.116. The van der Waals surface area contributed by atoms with Crippen molar-refractivity contribution in [3.05, 3.63) is 77.1 Å². The Labute approximate surface area is 153 Å². The van der Waals surface area contributed by atoms with Gasteiger partial charge in [0.2, 0.25) is 5.91 Å². The monoisotopic (exact) mass is 369 g/mol. The number of rotatable bonds is 6. The van der Waals surface area contributed by atoms with Crippen molar-refractivity contribution in [3.8, 4) is 0 Å². The fourth-order valence-electron chi connectivity index (χ4n) is 2.25. The third-order valence-electron chi connectivity index (χ3n) is 3.57. The average Bonchev–Trinajstić information content (AvgIpc) is 3.11. The van der Waals surface area contributed by atoms with E-state index in [1.807, 2.05) is 30.3 Å². The number of thiazole rings is 1. The van der Waals surface area contributed by atoms with Crippen molar-refractivity contribution < 1.29 is 14.0 Å². The van der Waals surface area contributed by atoms with Crippen LogP contribution in [0.5, 0.6) is 0 Å². The number of aromatic nitrogens is 1. The Kier molecular flexibility index (Phi) is 5.70. The van der Waals surface area contributed by atoms with Gasteiger partial charge in [-0.3, -0.25) is 9.59 Å². The number of carbonyl (C=O) groups excluding carboxylic acids is 2. The molecule has 132 valence electrons. The van der Waals surface area contributed by atoms with Crippen molar-refractivity contribution in [1.29, 1.82) is 0 Å². The predicted octanol–water partition coefficient (Wildman–Crippen LogP) is 4.11. The Morgan fingerprint density at radius 3 is 2.46 bits per heavy atom. The smallest absolute Gasteiger partial charge is 0.275 e. The van der Waals surface area contributed by atoms with Gasteiger partial charge >= 0.3 is 0 Å². The van der Waals surface area contributed by atoms with Crippen LogP contribution < -0.4 is 10.6 Å². The fourth-order valence-corrected chi connectivity index (χ4v) is 2.95. The van der Waals surface area contributed by atoms with Crippen LogP contribution in [0.3, 0.4) is 0 Å². The molecule has 0 aliphatic carbocycles. The van der Waals surface area contributed by atoms with Crippen molar-refractivity contribution in [2.24, 2.45) is 0 Å². The van der Waals surface area contributed by atoms with E-state index in [0.717, 1.165) is 5.56 Å². The van der Waals surface area contributed by atoms with Gasteiger partial charge in [-0.1, -0.05) is 30.3 Å². The standard InChI is InChI=1S/C19H16FN3O2S/c20-14-7-9-15(10-8-14)21-18(25)16-12-26-19(22-16)23-17(24)11-6-13-4-2-1-3-5-13/h1-5,7-10,12H,6,11H2,(H,21,25)(H,22,23,24). The summed E-state index contributed by atoms with van der Waals surface area (Å²) in [7, 11) is 0. The molecular formula is C19H16FN3O2S. The zero-order chi connectivity index (χ0) is 18.4. The molecule has 0 saturated heterocycles. The molecule has 5 nitrogen and oxygen atoms in total. The maximum atomic E-state index is 12.9. The summed E-state index contributed by atoms with van der Waals surface area (Å²) in [4.78, 5) is 28.3. The summed E-state index contributed by atoms with van der Waals surface area (Å²) >= 11 is 1.18. The van der Waals surface area contributed by atoms with E-state index in [9.17, 15) is 14.0 Å². The van der Waals surface area contributed by atoms with Gasteiger partial charge < -0.3 is 10.6 Å². The van der Waals surface area contributed by atoms with Crippen LogP contribution in [-0.2, 0) is 11.2 Å². The molecule has 0 aliphatic heterocycles. The molecule has 2 aromatic carbocycles. The summed E-state index contributed by atoms with van der Waals surface area (Å²) in [6.07, 6.45) is 0.969. The third kappa shape index (κ3) is 4.97. The molecule has 2 N–H and O–H groups in total. The molecule has 0 spiro atoms. The highest BCUT2D eigenvalue weighted by Gasteiger charge is 2.13. The molecule has 0 radical (unpaired) electrons. The van der Waals surface area contributed by atoms with Crippen molar-refractivity contribution in [2.45, 2.75) is 12.8 Å². The van der Waals surface area contributed by atoms with E-state index in [2.05, 4.69) is 15.6 Å². The van der Waals surface area contributed by atoms with Crippen molar-refractivity contribution in [1.82, 2.24) is 4.98 Å². The van der Waals surface area contributed by atoms with Gasteiger partial charge in [-0.15, -0.1) is 11.3 Å². The highest BCUT2D eigenvalue weighted by Crippen LogP contribution is 2.18. The van der Waals surface area contributed by atoms with E-state index in [1.165, 1.54) is 35.6 Å². The van der Waals surface area contributed by atoms with Crippen molar-refractivity contribution >= 4 is 34.0 Å².